The van der Waals surface area contributed by atoms with Crippen molar-refractivity contribution in [2.45, 2.75) is 39.7 Å². The van der Waals surface area contributed by atoms with Crippen LogP contribution in [0.2, 0.25) is 0 Å². The Bertz CT molecular complexity index is 1530. The minimum Gasteiger partial charge on any atom is -0.493 e. The van der Waals surface area contributed by atoms with Crippen LogP contribution in [-0.2, 0) is 16.0 Å². The van der Waals surface area contributed by atoms with Gasteiger partial charge < -0.3 is 23.0 Å². The Hall–Kier alpha value is -4.52. The predicted molar refractivity (Wildman–Crippen MR) is 149 cm³/mol. The molecule has 0 aliphatic heterocycles. The minimum absolute atomic E-state index is 0.306. The fourth-order valence-corrected chi connectivity index (χ4v) is 4.20. The number of esters is 1. The van der Waals surface area contributed by atoms with Gasteiger partial charge in [-0.2, -0.15) is 0 Å². The number of carbonyl (C=O) groups is 1. The van der Waals surface area contributed by atoms with Crippen LogP contribution >= 0.6 is 0 Å². The summed E-state index contributed by atoms with van der Waals surface area (Å²) in [6, 6.07) is 25.2. The number of carbonyl (C=O) groups excluding carboxylic acids is 1. The molecule has 0 saturated heterocycles. The quantitative estimate of drug-likeness (QED) is 0.176. The van der Waals surface area contributed by atoms with E-state index in [0.29, 0.717) is 37.0 Å². The highest BCUT2D eigenvalue weighted by Gasteiger charge is 2.31. The average Bonchev–Trinajstić information content (AvgIpc) is 3.53. The maximum Gasteiger partial charge on any atom is 0.349 e. The van der Waals surface area contributed by atoms with E-state index in [9.17, 15) is 4.79 Å². The standard InChI is InChI=1S/C32H31NO6/c1-5-35-31(34)32(3,4)39-26-16-14-25(15-17-26)36-19-18-27-21(2)37-30(33-27)23-12-10-22(11-13-23)29-20-24-8-6-7-9-28(24)38-29/h6-17,20H,5,18-19H2,1-4H3. The largest absolute Gasteiger partial charge is 0.493 e. The van der Waals surface area contributed by atoms with Crippen molar-refractivity contribution in [3.05, 3.63) is 90.3 Å². The van der Waals surface area contributed by atoms with Crippen LogP contribution in [0, 0.1) is 6.92 Å². The zero-order chi connectivity index (χ0) is 27.4. The predicted octanol–water partition coefficient (Wildman–Crippen LogP) is 7.41. The van der Waals surface area contributed by atoms with Crippen molar-refractivity contribution < 1.29 is 27.8 Å². The lowest BCUT2D eigenvalue weighted by Gasteiger charge is -2.24. The number of oxazole rings is 1. The highest BCUT2D eigenvalue weighted by atomic mass is 16.6. The fourth-order valence-electron chi connectivity index (χ4n) is 4.20. The van der Waals surface area contributed by atoms with Gasteiger partial charge in [0.15, 0.2) is 5.60 Å². The van der Waals surface area contributed by atoms with E-state index in [1.165, 1.54) is 0 Å². The summed E-state index contributed by atoms with van der Waals surface area (Å²) in [6.07, 6.45) is 0.598. The van der Waals surface area contributed by atoms with Crippen LogP contribution in [0.4, 0.5) is 0 Å². The van der Waals surface area contributed by atoms with E-state index in [-0.39, 0.29) is 0 Å². The Morgan fingerprint density at radius 3 is 2.31 bits per heavy atom. The van der Waals surface area contributed by atoms with Gasteiger partial charge in [0.05, 0.1) is 18.9 Å². The third-order valence-corrected chi connectivity index (χ3v) is 6.31. The molecule has 3 aromatic carbocycles. The molecule has 0 fully saturated rings. The van der Waals surface area contributed by atoms with Crippen LogP contribution in [0.15, 0.2) is 87.7 Å². The van der Waals surface area contributed by atoms with Crippen molar-refractivity contribution in [1.29, 1.82) is 0 Å². The van der Waals surface area contributed by atoms with Crippen molar-refractivity contribution >= 4 is 16.9 Å². The number of aryl methyl sites for hydroxylation is 1. The number of rotatable bonds is 10. The maximum absolute atomic E-state index is 12.0. The number of hydrogen-bond acceptors (Lipinski definition) is 7. The molecular weight excluding hydrogens is 494 g/mol. The van der Waals surface area contributed by atoms with Crippen molar-refractivity contribution in [3.63, 3.8) is 0 Å². The monoisotopic (exact) mass is 525 g/mol. The first kappa shape index (κ1) is 26.1. The summed E-state index contributed by atoms with van der Waals surface area (Å²) in [5.41, 5.74) is 2.53. The first-order chi connectivity index (χ1) is 18.8. The number of benzene rings is 3. The number of aromatic nitrogens is 1. The van der Waals surface area contributed by atoms with E-state index in [1.807, 2.05) is 61.5 Å². The van der Waals surface area contributed by atoms with E-state index in [0.717, 1.165) is 39.3 Å². The molecule has 0 unspecified atom stereocenters. The SMILES string of the molecule is CCOC(=O)C(C)(C)Oc1ccc(OCCc2nc(-c3ccc(-c4cc5ccccc5o4)cc3)oc2C)cc1. The zero-order valence-electron chi connectivity index (χ0n) is 22.5. The van der Waals surface area contributed by atoms with Crippen LogP contribution in [-0.4, -0.2) is 29.8 Å². The molecule has 0 atom stereocenters. The molecule has 0 saturated carbocycles. The summed E-state index contributed by atoms with van der Waals surface area (Å²) in [7, 11) is 0. The Kier molecular flexibility index (Phi) is 7.41. The Labute approximate surface area is 227 Å². The van der Waals surface area contributed by atoms with E-state index in [4.69, 9.17) is 28.0 Å². The summed E-state index contributed by atoms with van der Waals surface area (Å²) >= 11 is 0. The highest BCUT2D eigenvalue weighted by Crippen LogP contribution is 2.30. The van der Waals surface area contributed by atoms with Gasteiger partial charge in [0.1, 0.15) is 28.6 Å². The van der Waals surface area contributed by atoms with Crippen molar-refractivity contribution in [2.75, 3.05) is 13.2 Å². The molecule has 0 radical (unpaired) electrons. The molecule has 5 rings (SSSR count). The molecule has 39 heavy (non-hydrogen) atoms. The number of ether oxygens (including phenoxy) is 3. The van der Waals surface area contributed by atoms with Gasteiger partial charge >= 0.3 is 5.97 Å². The molecule has 2 aromatic heterocycles. The van der Waals surface area contributed by atoms with Gasteiger partial charge in [-0.3, -0.25) is 0 Å². The summed E-state index contributed by atoms with van der Waals surface area (Å²) in [5, 5.41) is 1.08. The number of nitrogens with zero attached hydrogens (tertiary/aromatic N) is 1. The lowest BCUT2D eigenvalue weighted by atomic mass is 10.1. The second-order valence-corrected chi connectivity index (χ2v) is 9.65. The first-order valence-electron chi connectivity index (χ1n) is 13.0. The Balaban J connectivity index is 1.17. The lowest BCUT2D eigenvalue weighted by molar-refractivity contribution is -0.158. The van der Waals surface area contributed by atoms with Crippen LogP contribution < -0.4 is 9.47 Å². The molecule has 200 valence electrons. The van der Waals surface area contributed by atoms with Crippen molar-refractivity contribution in [2.24, 2.45) is 0 Å². The summed E-state index contributed by atoms with van der Waals surface area (Å²) < 4.78 is 28.7. The van der Waals surface area contributed by atoms with E-state index < -0.39 is 11.6 Å². The molecule has 2 heterocycles. The van der Waals surface area contributed by atoms with Gasteiger partial charge in [-0.25, -0.2) is 9.78 Å². The Morgan fingerprint density at radius 1 is 0.897 bits per heavy atom. The molecule has 7 heteroatoms. The smallest absolute Gasteiger partial charge is 0.349 e. The first-order valence-corrected chi connectivity index (χ1v) is 13.0. The topological polar surface area (TPSA) is 83.9 Å². The molecule has 5 aromatic rings. The van der Waals surface area contributed by atoms with Gasteiger partial charge in [-0.15, -0.1) is 0 Å². The van der Waals surface area contributed by atoms with Crippen LogP contribution in [0.1, 0.15) is 32.2 Å². The maximum atomic E-state index is 12.0. The van der Waals surface area contributed by atoms with Crippen LogP contribution in [0.25, 0.3) is 33.7 Å². The lowest BCUT2D eigenvalue weighted by Crippen LogP contribution is -2.39. The number of hydrogen-bond donors (Lipinski definition) is 0. The Morgan fingerprint density at radius 2 is 1.59 bits per heavy atom. The van der Waals surface area contributed by atoms with Gasteiger partial charge in [-0.1, -0.05) is 30.3 Å². The fraction of sp³-hybridized carbons (Fsp3) is 0.250. The zero-order valence-corrected chi connectivity index (χ0v) is 22.5. The number of furan rings is 1. The van der Waals surface area contributed by atoms with Crippen molar-refractivity contribution in [1.82, 2.24) is 4.98 Å². The second-order valence-electron chi connectivity index (χ2n) is 9.65. The normalized spacial score (nSPS) is 11.5. The van der Waals surface area contributed by atoms with E-state index >= 15 is 0 Å². The molecule has 0 aliphatic carbocycles. The van der Waals surface area contributed by atoms with Crippen LogP contribution in [0.3, 0.4) is 0 Å². The molecular formula is C32H31NO6. The summed E-state index contributed by atoms with van der Waals surface area (Å²) in [4.78, 5) is 16.7. The molecule has 0 amide bonds. The molecule has 0 aliphatic rings. The molecule has 0 bridgehead atoms. The van der Waals surface area contributed by atoms with Gasteiger partial charge in [0.2, 0.25) is 5.89 Å². The average molecular weight is 526 g/mol. The molecule has 0 spiro atoms. The minimum atomic E-state index is -1.08. The van der Waals surface area contributed by atoms with Crippen molar-refractivity contribution in [3.8, 4) is 34.3 Å². The van der Waals surface area contributed by atoms with E-state index in [2.05, 4.69) is 0 Å². The summed E-state index contributed by atoms with van der Waals surface area (Å²) in [5.74, 6) is 3.01. The van der Waals surface area contributed by atoms with Gasteiger partial charge in [-0.05, 0) is 76.2 Å². The second kappa shape index (κ2) is 11.1. The number of fused-ring (bicyclic) bond motifs is 1. The van der Waals surface area contributed by atoms with E-state index in [1.54, 1.807) is 45.0 Å². The third-order valence-electron chi connectivity index (χ3n) is 6.31. The summed E-state index contributed by atoms with van der Waals surface area (Å²) in [6.45, 7) is 7.78. The van der Waals surface area contributed by atoms with Crippen LogP contribution in [0.5, 0.6) is 11.5 Å². The van der Waals surface area contributed by atoms with Gasteiger partial charge in [0, 0.05) is 22.9 Å². The van der Waals surface area contributed by atoms with Gasteiger partial charge in [0.25, 0.3) is 0 Å². The third kappa shape index (κ3) is 5.98. The highest BCUT2D eigenvalue weighted by molar-refractivity contribution is 5.83. The number of para-hydroxylation sites is 1. The molecule has 7 nitrogen and oxygen atoms in total. The molecule has 0 N–H and O–H groups in total.